The van der Waals surface area contributed by atoms with E-state index >= 15 is 0 Å². The van der Waals surface area contributed by atoms with Gasteiger partial charge in [-0.3, -0.25) is 4.79 Å². The van der Waals surface area contributed by atoms with E-state index in [1.54, 1.807) is 0 Å². The van der Waals surface area contributed by atoms with Gasteiger partial charge in [0.15, 0.2) is 0 Å². The average Bonchev–Trinajstić information content (AvgIpc) is 2.89. The number of benzene rings is 1. The van der Waals surface area contributed by atoms with E-state index in [1.165, 1.54) is 16.9 Å². The van der Waals surface area contributed by atoms with Gasteiger partial charge >= 0.3 is 0 Å². The van der Waals surface area contributed by atoms with Crippen molar-refractivity contribution in [2.75, 3.05) is 11.9 Å². The maximum absolute atomic E-state index is 11.8. The van der Waals surface area contributed by atoms with Gasteiger partial charge in [-0.25, -0.2) is 0 Å². The highest BCUT2D eigenvalue weighted by Gasteiger charge is 2.08. The molecule has 1 amide bonds. The molecule has 0 spiro atoms. The molecule has 1 aromatic carbocycles. The Labute approximate surface area is 128 Å². The number of aromatic nitrogens is 2. The summed E-state index contributed by atoms with van der Waals surface area (Å²) in [5.74, 6) is 0.705. The second kappa shape index (κ2) is 7.17. The second-order valence-corrected chi connectivity index (χ2v) is 5.83. The highest BCUT2D eigenvalue weighted by atomic mass is 32.1. The number of hydrogen-bond donors (Lipinski definition) is 1. The van der Waals surface area contributed by atoms with E-state index in [9.17, 15) is 4.79 Å². The summed E-state index contributed by atoms with van der Waals surface area (Å²) in [4.78, 5) is 11.8. The minimum atomic E-state index is -0.112. The van der Waals surface area contributed by atoms with Crippen molar-refractivity contribution in [3.8, 4) is 5.75 Å². The molecule has 0 atom stereocenters. The molecule has 0 aliphatic heterocycles. The molecule has 0 saturated carbocycles. The molecule has 0 unspecified atom stereocenters. The number of aryl methyl sites for hydroxylation is 3. The van der Waals surface area contributed by atoms with Crippen molar-refractivity contribution in [3.05, 3.63) is 34.3 Å². The zero-order valence-electron chi connectivity index (χ0n) is 12.5. The molecule has 0 bridgehead atoms. The Kier molecular flexibility index (Phi) is 5.27. The van der Waals surface area contributed by atoms with Gasteiger partial charge in [-0.15, -0.1) is 10.2 Å². The van der Waals surface area contributed by atoms with E-state index in [4.69, 9.17) is 4.74 Å². The number of carbonyl (C=O) groups excluding carboxylic acids is 1. The molecule has 5 nitrogen and oxygen atoms in total. The van der Waals surface area contributed by atoms with E-state index in [2.05, 4.69) is 21.6 Å². The third-order valence-corrected chi connectivity index (χ3v) is 3.92. The summed E-state index contributed by atoms with van der Waals surface area (Å²) in [6.45, 7) is 6.38. The monoisotopic (exact) mass is 305 g/mol. The standard InChI is InChI=1S/C15H19N3O2S/c1-4-14-17-18-15(21-14)16-13(19)7-8-20-12-6-5-10(2)9-11(12)3/h5-6,9H,4,7-8H2,1-3H3,(H,16,18,19). The number of hydrogen-bond acceptors (Lipinski definition) is 5. The van der Waals surface area contributed by atoms with Crippen molar-refractivity contribution >= 4 is 22.4 Å². The van der Waals surface area contributed by atoms with Gasteiger partial charge < -0.3 is 10.1 Å². The number of nitrogens with one attached hydrogen (secondary N) is 1. The topological polar surface area (TPSA) is 64.1 Å². The fourth-order valence-electron chi connectivity index (χ4n) is 1.84. The second-order valence-electron chi connectivity index (χ2n) is 4.77. The normalized spacial score (nSPS) is 10.4. The lowest BCUT2D eigenvalue weighted by Crippen LogP contribution is -2.15. The summed E-state index contributed by atoms with van der Waals surface area (Å²) in [5.41, 5.74) is 2.27. The number of ether oxygens (including phenoxy) is 1. The quantitative estimate of drug-likeness (QED) is 0.890. The molecule has 1 N–H and O–H groups in total. The van der Waals surface area contributed by atoms with E-state index in [0.717, 1.165) is 22.7 Å². The molecule has 0 aliphatic carbocycles. The van der Waals surface area contributed by atoms with Crippen LogP contribution in [0.3, 0.4) is 0 Å². The predicted octanol–water partition coefficient (Wildman–Crippen LogP) is 3.12. The predicted molar refractivity (Wildman–Crippen MR) is 83.9 cm³/mol. The Bertz CT molecular complexity index is 625. The first-order valence-electron chi connectivity index (χ1n) is 6.90. The number of rotatable bonds is 6. The Hall–Kier alpha value is -1.95. The molecular weight excluding hydrogens is 286 g/mol. The fraction of sp³-hybridized carbons (Fsp3) is 0.400. The van der Waals surface area contributed by atoms with Gasteiger partial charge in [0.2, 0.25) is 11.0 Å². The number of nitrogens with zero attached hydrogens (tertiary/aromatic N) is 2. The highest BCUT2D eigenvalue weighted by molar-refractivity contribution is 7.15. The molecular formula is C15H19N3O2S. The van der Waals surface area contributed by atoms with Gasteiger partial charge in [-0.1, -0.05) is 36.0 Å². The molecule has 2 aromatic rings. The molecule has 0 radical (unpaired) electrons. The first-order chi connectivity index (χ1) is 10.1. The van der Waals surface area contributed by atoms with Crippen LogP contribution in [0.4, 0.5) is 5.13 Å². The lowest BCUT2D eigenvalue weighted by molar-refractivity contribution is -0.116. The molecule has 1 heterocycles. The Morgan fingerprint density at radius 3 is 2.81 bits per heavy atom. The number of amides is 1. The van der Waals surface area contributed by atoms with Crippen LogP contribution < -0.4 is 10.1 Å². The van der Waals surface area contributed by atoms with Crippen LogP contribution in [0.5, 0.6) is 5.75 Å². The largest absolute Gasteiger partial charge is 0.493 e. The van der Waals surface area contributed by atoms with Crippen molar-refractivity contribution < 1.29 is 9.53 Å². The zero-order chi connectivity index (χ0) is 15.2. The minimum absolute atomic E-state index is 0.112. The maximum atomic E-state index is 11.8. The smallest absolute Gasteiger partial charge is 0.229 e. The first kappa shape index (κ1) is 15.4. The Morgan fingerprint density at radius 1 is 1.33 bits per heavy atom. The Balaban J connectivity index is 1.78. The Morgan fingerprint density at radius 2 is 2.14 bits per heavy atom. The molecule has 112 valence electrons. The molecule has 0 fully saturated rings. The minimum Gasteiger partial charge on any atom is -0.493 e. The van der Waals surface area contributed by atoms with Crippen LogP contribution in [0.15, 0.2) is 18.2 Å². The van der Waals surface area contributed by atoms with Crippen molar-refractivity contribution in [3.63, 3.8) is 0 Å². The molecule has 2 rings (SSSR count). The SMILES string of the molecule is CCc1nnc(NC(=O)CCOc2ccc(C)cc2C)s1. The molecule has 0 aliphatic rings. The maximum Gasteiger partial charge on any atom is 0.229 e. The molecule has 1 aromatic heterocycles. The number of carbonyl (C=O) groups is 1. The van der Waals surface area contributed by atoms with Crippen molar-refractivity contribution in [1.29, 1.82) is 0 Å². The van der Waals surface area contributed by atoms with E-state index in [1.807, 2.05) is 32.9 Å². The van der Waals surface area contributed by atoms with Crippen LogP contribution in [-0.2, 0) is 11.2 Å². The van der Waals surface area contributed by atoms with E-state index < -0.39 is 0 Å². The fourth-order valence-corrected chi connectivity index (χ4v) is 2.54. The van der Waals surface area contributed by atoms with Crippen molar-refractivity contribution in [2.45, 2.75) is 33.6 Å². The summed E-state index contributed by atoms with van der Waals surface area (Å²) >= 11 is 1.40. The summed E-state index contributed by atoms with van der Waals surface area (Å²) in [5, 5.41) is 12.1. The number of anilines is 1. The first-order valence-corrected chi connectivity index (χ1v) is 7.72. The van der Waals surface area contributed by atoms with Crippen LogP contribution >= 0.6 is 11.3 Å². The third kappa shape index (κ3) is 4.53. The van der Waals surface area contributed by atoms with Gasteiger partial charge in [0.25, 0.3) is 0 Å². The third-order valence-electron chi connectivity index (χ3n) is 2.93. The molecule has 21 heavy (non-hydrogen) atoms. The van der Waals surface area contributed by atoms with Crippen molar-refractivity contribution in [2.24, 2.45) is 0 Å². The van der Waals surface area contributed by atoms with Crippen LogP contribution in [0, 0.1) is 13.8 Å². The van der Waals surface area contributed by atoms with Gasteiger partial charge in [0, 0.05) is 0 Å². The average molecular weight is 305 g/mol. The van der Waals surface area contributed by atoms with Crippen LogP contribution in [-0.4, -0.2) is 22.7 Å². The lowest BCUT2D eigenvalue weighted by atomic mass is 10.1. The zero-order valence-corrected chi connectivity index (χ0v) is 13.3. The van der Waals surface area contributed by atoms with Crippen LogP contribution in [0.25, 0.3) is 0 Å². The summed E-state index contributed by atoms with van der Waals surface area (Å²) in [7, 11) is 0. The van der Waals surface area contributed by atoms with Gasteiger partial charge in [-0.05, 0) is 31.9 Å². The van der Waals surface area contributed by atoms with Gasteiger partial charge in [-0.2, -0.15) is 0 Å². The molecule has 0 saturated heterocycles. The summed E-state index contributed by atoms with van der Waals surface area (Å²) < 4.78 is 5.63. The van der Waals surface area contributed by atoms with E-state index in [-0.39, 0.29) is 12.3 Å². The highest BCUT2D eigenvalue weighted by Crippen LogP contribution is 2.19. The van der Waals surface area contributed by atoms with Crippen molar-refractivity contribution in [1.82, 2.24) is 10.2 Å². The van der Waals surface area contributed by atoms with Crippen LogP contribution in [0.2, 0.25) is 0 Å². The lowest BCUT2D eigenvalue weighted by Gasteiger charge is -2.09. The summed E-state index contributed by atoms with van der Waals surface area (Å²) in [6, 6.07) is 5.99. The van der Waals surface area contributed by atoms with E-state index in [0.29, 0.717) is 11.7 Å². The van der Waals surface area contributed by atoms with Crippen LogP contribution in [0.1, 0.15) is 29.5 Å². The van der Waals surface area contributed by atoms with Gasteiger partial charge in [0.1, 0.15) is 10.8 Å². The van der Waals surface area contributed by atoms with Gasteiger partial charge in [0.05, 0.1) is 13.0 Å². The molecule has 6 heteroatoms. The summed E-state index contributed by atoms with van der Waals surface area (Å²) in [6.07, 6.45) is 1.11.